The lowest BCUT2D eigenvalue weighted by Gasteiger charge is -2.23. The molecule has 0 radical (unpaired) electrons. The van der Waals surface area contributed by atoms with E-state index in [2.05, 4.69) is 5.32 Å². The predicted octanol–water partition coefficient (Wildman–Crippen LogP) is 3.74. The van der Waals surface area contributed by atoms with Gasteiger partial charge in [0.15, 0.2) is 18.1 Å². The van der Waals surface area contributed by atoms with E-state index in [9.17, 15) is 9.59 Å². The number of nitrogens with one attached hydrogen (secondary N) is 1. The lowest BCUT2D eigenvalue weighted by molar-refractivity contribution is -0.123. The van der Waals surface area contributed by atoms with Crippen molar-refractivity contribution < 1.29 is 19.1 Å². The quantitative estimate of drug-likeness (QED) is 0.780. The first kappa shape index (κ1) is 21.0. The molecule has 6 nitrogen and oxygen atoms in total. The summed E-state index contributed by atoms with van der Waals surface area (Å²) in [5.41, 5.74) is 1.45. The zero-order valence-electron chi connectivity index (χ0n) is 16.9. The average molecular weight is 415 g/mol. The SMILES string of the molecule is COc1cc(C(=O)N2CCCSc3ccccc32)ccc1OCC(=O)NC(C)C. The Kier molecular flexibility index (Phi) is 7.04. The average Bonchev–Trinajstić information content (AvgIpc) is 2.93. The van der Waals surface area contributed by atoms with Crippen LogP contribution in [-0.2, 0) is 4.79 Å². The Morgan fingerprint density at radius 1 is 1.17 bits per heavy atom. The number of ether oxygens (including phenoxy) is 2. The first-order chi connectivity index (χ1) is 14.0. The standard InChI is InChI=1S/C22H26N2O4S/c1-15(2)23-21(25)14-28-18-10-9-16(13-19(18)27-3)22(26)24-11-6-12-29-20-8-5-4-7-17(20)24/h4-5,7-10,13,15H,6,11-12,14H2,1-3H3,(H,23,25). The van der Waals surface area contributed by atoms with Gasteiger partial charge in [0.05, 0.1) is 12.8 Å². The second-order valence-electron chi connectivity index (χ2n) is 7.00. The van der Waals surface area contributed by atoms with Gasteiger partial charge in [0.25, 0.3) is 11.8 Å². The number of rotatable bonds is 6. The van der Waals surface area contributed by atoms with E-state index < -0.39 is 0 Å². The number of methoxy groups -OCH3 is 1. The Balaban J connectivity index is 1.79. The molecule has 2 aromatic rings. The van der Waals surface area contributed by atoms with Crippen LogP contribution in [0.25, 0.3) is 0 Å². The van der Waals surface area contributed by atoms with Crippen molar-refractivity contribution in [2.75, 3.05) is 30.9 Å². The van der Waals surface area contributed by atoms with E-state index in [1.165, 1.54) is 7.11 Å². The molecule has 0 bridgehead atoms. The van der Waals surface area contributed by atoms with Crippen LogP contribution in [0.3, 0.4) is 0 Å². The van der Waals surface area contributed by atoms with Crippen LogP contribution in [0.2, 0.25) is 0 Å². The molecule has 0 aromatic heterocycles. The molecule has 0 aliphatic carbocycles. The van der Waals surface area contributed by atoms with Crippen molar-refractivity contribution in [1.29, 1.82) is 0 Å². The minimum atomic E-state index is -0.208. The lowest BCUT2D eigenvalue weighted by atomic mass is 10.1. The number of nitrogens with zero attached hydrogens (tertiary/aromatic N) is 1. The Bertz CT molecular complexity index is 885. The minimum Gasteiger partial charge on any atom is -0.493 e. The van der Waals surface area contributed by atoms with Gasteiger partial charge in [-0.05, 0) is 56.4 Å². The number of anilines is 1. The van der Waals surface area contributed by atoms with E-state index in [-0.39, 0.29) is 24.5 Å². The van der Waals surface area contributed by atoms with Crippen LogP contribution >= 0.6 is 11.8 Å². The van der Waals surface area contributed by atoms with E-state index in [4.69, 9.17) is 9.47 Å². The molecule has 2 amide bonds. The smallest absolute Gasteiger partial charge is 0.258 e. The Labute approximate surface area is 175 Å². The van der Waals surface area contributed by atoms with Crippen molar-refractivity contribution in [2.45, 2.75) is 31.2 Å². The molecule has 29 heavy (non-hydrogen) atoms. The van der Waals surface area contributed by atoms with Crippen molar-refractivity contribution in [3.05, 3.63) is 48.0 Å². The first-order valence-corrected chi connectivity index (χ1v) is 10.6. The van der Waals surface area contributed by atoms with Crippen LogP contribution in [0.15, 0.2) is 47.4 Å². The molecular weight excluding hydrogens is 388 g/mol. The topological polar surface area (TPSA) is 67.9 Å². The number of fused-ring (bicyclic) bond motifs is 1. The molecule has 0 saturated heterocycles. The molecule has 0 spiro atoms. The van der Waals surface area contributed by atoms with Gasteiger partial charge in [-0.1, -0.05) is 12.1 Å². The van der Waals surface area contributed by atoms with Crippen molar-refractivity contribution in [3.63, 3.8) is 0 Å². The van der Waals surface area contributed by atoms with Crippen LogP contribution in [-0.4, -0.2) is 43.9 Å². The molecule has 0 atom stereocenters. The summed E-state index contributed by atoms with van der Waals surface area (Å²) < 4.78 is 11.0. The third-order valence-electron chi connectivity index (χ3n) is 4.40. The molecule has 0 fully saturated rings. The molecule has 0 saturated carbocycles. The van der Waals surface area contributed by atoms with Crippen LogP contribution in [0, 0.1) is 0 Å². The highest BCUT2D eigenvalue weighted by atomic mass is 32.2. The van der Waals surface area contributed by atoms with Crippen molar-refractivity contribution in [1.82, 2.24) is 5.32 Å². The van der Waals surface area contributed by atoms with Gasteiger partial charge in [-0.2, -0.15) is 0 Å². The summed E-state index contributed by atoms with van der Waals surface area (Å²) in [5, 5.41) is 2.77. The number of benzene rings is 2. The molecule has 3 rings (SSSR count). The maximum absolute atomic E-state index is 13.2. The summed E-state index contributed by atoms with van der Waals surface area (Å²) in [6.07, 6.45) is 0.925. The van der Waals surface area contributed by atoms with E-state index in [0.29, 0.717) is 23.6 Å². The van der Waals surface area contributed by atoms with Crippen LogP contribution in [0.1, 0.15) is 30.6 Å². The Hall–Kier alpha value is -2.67. The highest BCUT2D eigenvalue weighted by Crippen LogP contribution is 2.35. The van der Waals surface area contributed by atoms with Crippen LogP contribution in [0.5, 0.6) is 11.5 Å². The number of hydrogen-bond donors (Lipinski definition) is 1. The van der Waals surface area contributed by atoms with Gasteiger partial charge in [-0.25, -0.2) is 0 Å². The van der Waals surface area contributed by atoms with Gasteiger partial charge < -0.3 is 19.7 Å². The van der Waals surface area contributed by atoms with Crippen LogP contribution in [0.4, 0.5) is 5.69 Å². The zero-order chi connectivity index (χ0) is 20.8. The number of carbonyl (C=O) groups excluding carboxylic acids is 2. The molecule has 0 unspecified atom stereocenters. The fourth-order valence-electron chi connectivity index (χ4n) is 3.12. The number of para-hydroxylation sites is 1. The summed E-state index contributed by atoms with van der Waals surface area (Å²) in [6.45, 7) is 4.33. The van der Waals surface area contributed by atoms with Crippen molar-refractivity contribution >= 4 is 29.3 Å². The third-order valence-corrected chi connectivity index (χ3v) is 5.55. The minimum absolute atomic E-state index is 0.0441. The predicted molar refractivity (Wildman–Crippen MR) is 115 cm³/mol. The van der Waals surface area contributed by atoms with Gasteiger partial charge in [-0.15, -0.1) is 11.8 Å². The molecule has 1 N–H and O–H groups in total. The number of carbonyl (C=O) groups is 2. The molecular formula is C22H26N2O4S. The third kappa shape index (κ3) is 5.23. The largest absolute Gasteiger partial charge is 0.493 e. The van der Waals surface area contributed by atoms with Gasteiger partial charge >= 0.3 is 0 Å². The van der Waals surface area contributed by atoms with Gasteiger partial charge in [0, 0.05) is 23.0 Å². The highest BCUT2D eigenvalue weighted by molar-refractivity contribution is 7.99. The van der Waals surface area contributed by atoms with E-state index >= 15 is 0 Å². The first-order valence-electron chi connectivity index (χ1n) is 9.63. The van der Waals surface area contributed by atoms with E-state index in [0.717, 1.165) is 22.8 Å². The van der Waals surface area contributed by atoms with Crippen molar-refractivity contribution in [3.8, 4) is 11.5 Å². The monoisotopic (exact) mass is 414 g/mol. The second kappa shape index (κ2) is 9.69. The lowest BCUT2D eigenvalue weighted by Crippen LogP contribution is -2.34. The number of hydrogen-bond acceptors (Lipinski definition) is 5. The summed E-state index contributed by atoms with van der Waals surface area (Å²) >= 11 is 1.77. The maximum Gasteiger partial charge on any atom is 0.258 e. The second-order valence-corrected chi connectivity index (χ2v) is 8.14. The summed E-state index contributed by atoms with van der Waals surface area (Å²) in [4.78, 5) is 28.0. The Morgan fingerprint density at radius 3 is 2.72 bits per heavy atom. The highest BCUT2D eigenvalue weighted by Gasteiger charge is 2.23. The fraction of sp³-hybridized carbons (Fsp3) is 0.364. The Morgan fingerprint density at radius 2 is 1.97 bits per heavy atom. The number of thioether (sulfide) groups is 1. The normalized spacial score (nSPS) is 13.4. The fourth-order valence-corrected chi connectivity index (χ4v) is 4.12. The summed E-state index contributed by atoms with van der Waals surface area (Å²) in [5.74, 6) is 1.54. The van der Waals surface area contributed by atoms with Gasteiger partial charge in [0.1, 0.15) is 0 Å². The van der Waals surface area contributed by atoms with Crippen molar-refractivity contribution in [2.24, 2.45) is 0 Å². The van der Waals surface area contributed by atoms with Gasteiger partial charge in [0.2, 0.25) is 0 Å². The van der Waals surface area contributed by atoms with Crippen LogP contribution < -0.4 is 19.7 Å². The zero-order valence-corrected chi connectivity index (χ0v) is 17.8. The summed E-state index contributed by atoms with van der Waals surface area (Å²) in [6, 6.07) is 13.1. The molecule has 2 aromatic carbocycles. The van der Waals surface area contributed by atoms with E-state index in [1.54, 1.807) is 30.0 Å². The molecule has 154 valence electrons. The molecule has 1 heterocycles. The maximum atomic E-state index is 13.2. The summed E-state index contributed by atoms with van der Waals surface area (Å²) in [7, 11) is 1.52. The number of amides is 2. The molecule has 7 heteroatoms. The van der Waals surface area contributed by atoms with Gasteiger partial charge in [-0.3, -0.25) is 9.59 Å². The van der Waals surface area contributed by atoms with E-state index in [1.807, 2.05) is 43.0 Å². The molecule has 1 aliphatic heterocycles. The molecule has 1 aliphatic rings.